The van der Waals surface area contributed by atoms with E-state index in [0.29, 0.717) is 0 Å². The smallest absolute Gasteiger partial charge is 0.159 e. The van der Waals surface area contributed by atoms with Gasteiger partial charge in [0.1, 0.15) is 11.6 Å². The van der Waals surface area contributed by atoms with Crippen molar-refractivity contribution in [2.75, 3.05) is 0 Å². The average Bonchev–Trinajstić information content (AvgIpc) is 2.42. The van der Waals surface area contributed by atoms with Crippen LogP contribution in [0.4, 0.5) is 17.6 Å². The van der Waals surface area contributed by atoms with Gasteiger partial charge in [0.2, 0.25) is 0 Å². The molecule has 0 bridgehead atoms. The van der Waals surface area contributed by atoms with E-state index in [1.807, 2.05) is 0 Å². The molecule has 2 aromatic rings. The summed E-state index contributed by atoms with van der Waals surface area (Å²) in [5.74, 6) is -3.82. The maximum absolute atomic E-state index is 13.7. The molecule has 0 radical (unpaired) electrons. The Morgan fingerprint density at radius 2 is 1.60 bits per heavy atom. The van der Waals surface area contributed by atoms with Gasteiger partial charge >= 0.3 is 0 Å². The third kappa shape index (κ3) is 3.02. The number of benzene rings is 2. The van der Waals surface area contributed by atoms with Crippen LogP contribution in [0.5, 0.6) is 0 Å². The van der Waals surface area contributed by atoms with E-state index in [1.165, 1.54) is 6.07 Å². The zero-order valence-corrected chi connectivity index (χ0v) is 11.6. The van der Waals surface area contributed by atoms with Gasteiger partial charge in [-0.2, -0.15) is 0 Å². The maximum atomic E-state index is 13.7. The second-order valence-corrected chi connectivity index (χ2v) is 5.07. The summed E-state index contributed by atoms with van der Waals surface area (Å²) in [6, 6.07) is 5.07. The number of aliphatic hydroxyl groups is 1. The molecule has 0 aliphatic heterocycles. The van der Waals surface area contributed by atoms with Gasteiger partial charge in [-0.25, -0.2) is 17.6 Å². The van der Waals surface area contributed by atoms with Crippen LogP contribution in [-0.2, 0) is 6.42 Å². The van der Waals surface area contributed by atoms with Crippen LogP contribution in [0.15, 0.2) is 34.8 Å². The molecule has 106 valence electrons. The molecule has 1 nitrogen and oxygen atoms in total. The van der Waals surface area contributed by atoms with Gasteiger partial charge in [0.15, 0.2) is 11.6 Å². The molecule has 0 saturated heterocycles. The maximum Gasteiger partial charge on any atom is 0.159 e. The fourth-order valence-electron chi connectivity index (χ4n) is 1.79. The molecule has 0 fully saturated rings. The number of hydrogen-bond acceptors (Lipinski definition) is 1. The molecule has 0 aliphatic carbocycles. The minimum atomic E-state index is -1.34. The average molecular weight is 349 g/mol. The van der Waals surface area contributed by atoms with Crippen LogP contribution in [0.1, 0.15) is 17.2 Å². The number of halogens is 5. The lowest BCUT2D eigenvalue weighted by Gasteiger charge is -2.13. The lowest BCUT2D eigenvalue weighted by Crippen LogP contribution is -2.07. The largest absolute Gasteiger partial charge is 0.388 e. The summed E-state index contributed by atoms with van der Waals surface area (Å²) in [5, 5.41) is 9.89. The van der Waals surface area contributed by atoms with E-state index in [4.69, 9.17) is 0 Å². The van der Waals surface area contributed by atoms with Gasteiger partial charge in [-0.15, -0.1) is 0 Å². The highest BCUT2D eigenvalue weighted by Crippen LogP contribution is 2.27. The third-order valence-corrected chi connectivity index (χ3v) is 3.48. The van der Waals surface area contributed by atoms with E-state index in [2.05, 4.69) is 15.9 Å². The minimum absolute atomic E-state index is 0.0441. The third-order valence-electron chi connectivity index (χ3n) is 2.86. The van der Waals surface area contributed by atoms with Crippen LogP contribution in [0, 0.1) is 23.3 Å². The summed E-state index contributed by atoms with van der Waals surface area (Å²) in [7, 11) is 0. The van der Waals surface area contributed by atoms with Crippen molar-refractivity contribution in [3.8, 4) is 0 Å². The van der Waals surface area contributed by atoms with Crippen LogP contribution in [0.3, 0.4) is 0 Å². The molecule has 1 unspecified atom stereocenters. The summed E-state index contributed by atoms with van der Waals surface area (Å²) in [4.78, 5) is 0. The summed E-state index contributed by atoms with van der Waals surface area (Å²) in [6.07, 6.45) is -1.73. The topological polar surface area (TPSA) is 20.2 Å². The molecule has 6 heteroatoms. The van der Waals surface area contributed by atoms with Crippen molar-refractivity contribution in [1.29, 1.82) is 0 Å². The fourth-order valence-corrected chi connectivity index (χ4v) is 2.16. The van der Waals surface area contributed by atoms with E-state index >= 15 is 0 Å². The monoisotopic (exact) mass is 348 g/mol. The lowest BCUT2D eigenvalue weighted by molar-refractivity contribution is 0.175. The van der Waals surface area contributed by atoms with E-state index < -0.39 is 29.4 Å². The van der Waals surface area contributed by atoms with Gasteiger partial charge in [0.25, 0.3) is 0 Å². The Hall–Kier alpha value is -1.40. The van der Waals surface area contributed by atoms with Gasteiger partial charge < -0.3 is 5.11 Å². The van der Waals surface area contributed by atoms with E-state index in [9.17, 15) is 22.7 Å². The first kappa shape index (κ1) is 15.0. The van der Waals surface area contributed by atoms with E-state index in [1.54, 1.807) is 0 Å². The highest BCUT2D eigenvalue weighted by Gasteiger charge is 2.18. The van der Waals surface area contributed by atoms with E-state index in [0.717, 1.165) is 24.3 Å². The molecule has 2 rings (SSSR count). The van der Waals surface area contributed by atoms with Gasteiger partial charge in [-0.3, -0.25) is 0 Å². The van der Waals surface area contributed by atoms with Crippen molar-refractivity contribution in [3.05, 3.63) is 69.2 Å². The Morgan fingerprint density at radius 3 is 2.25 bits per heavy atom. The predicted octanol–water partition coefficient (Wildman–Crippen LogP) is 4.28. The first-order chi connectivity index (χ1) is 9.40. The van der Waals surface area contributed by atoms with Crippen molar-refractivity contribution in [2.45, 2.75) is 12.5 Å². The van der Waals surface area contributed by atoms with E-state index in [-0.39, 0.29) is 22.0 Å². The molecule has 2 aromatic carbocycles. The predicted molar refractivity (Wildman–Crippen MR) is 69.1 cm³/mol. The summed E-state index contributed by atoms with van der Waals surface area (Å²) in [6.45, 7) is 0. The van der Waals surface area contributed by atoms with Crippen LogP contribution >= 0.6 is 15.9 Å². The second-order valence-electron chi connectivity index (χ2n) is 4.22. The van der Waals surface area contributed by atoms with Crippen molar-refractivity contribution >= 4 is 15.9 Å². The van der Waals surface area contributed by atoms with Crippen LogP contribution in [0.2, 0.25) is 0 Å². The van der Waals surface area contributed by atoms with Crippen LogP contribution in [-0.4, -0.2) is 5.11 Å². The summed E-state index contributed by atoms with van der Waals surface area (Å²) < 4.78 is 53.2. The van der Waals surface area contributed by atoms with Crippen molar-refractivity contribution < 1.29 is 22.7 Å². The molecular weight excluding hydrogens is 340 g/mol. The number of rotatable bonds is 3. The summed E-state index contributed by atoms with van der Waals surface area (Å²) >= 11 is 2.91. The molecule has 0 saturated carbocycles. The Kier molecular flexibility index (Phi) is 4.45. The van der Waals surface area contributed by atoms with Gasteiger partial charge in [-0.05, 0) is 45.8 Å². The van der Waals surface area contributed by atoms with Crippen LogP contribution in [0.25, 0.3) is 0 Å². The van der Waals surface area contributed by atoms with Crippen molar-refractivity contribution in [1.82, 2.24) is 0 Å². The molecule has 0 aliphatic rings. The van der Waals surface area contributed by atoms with Crippen molar-refractivity contribution in [2.24, 2.45) is 0 Å². The molecule has 0 aromatic heterocycles. The Bertz CT molecular complexity index is 645. The fraction of sp³-hybridized carbons (Fsp3) is 0.143. The Balaban J connectivity index is 2.30. The second kappa shape index (κ2) is 5.93. The Morgan fingerprint density at radius 1 is 0.950 bits per heavy atom. The molecule has 20 heavy (non-hydrogen) atoms. The molecule has 0 spiro atoms. The minimum Gasteiger partial charge on any atom is -0.388 e. The molecule has 0 heterocycles. The highest BCUT2D eigenvalue weighted by atomic mass is 79.9. The standard InChI is InChI=1S/C14H9BrF4O/c15-9-2-4-10(16)8(14(9)19)6-13(20)7-1-3-11(17)12(18)5-7/h1-5,13,20H,6H2. The van der Waals surface area contributed by atoms with Gasteiger partial charge in [0.05, 0.1) is 10.6 Å². The Labute approximate surface area is 121 Å². The quantitative estimate of drug-likeness (QED) is 0.648. The van der Waals surface area contributed by atoms with Crippen LogP contribution < -0.4 is 0 Å². The van der Waals surface area contributed by atoms with Gasteiger partial charge in [0, 0.05) is 12.0 Å². The zero-order valence-electron chi connectivity index (χ0n) is 10.0. The molecular formula is C14H9BrF4O. The lowest BCUT2D eigenvalue weighted by atomic mass is 10.0. The highest BCUT2D eigenvalue weighted by molar-refractivity contribution is 9.10. The zero-order chi connectivity index (χ0) is 14.9. The van der Waals surface area contributed by atoms with Crippen molar-refractivity contribution in [3.63, 3.8) is 0 Å². The molecule has 0 amide bonds. The molecule has 1 atom stereocenters. The van der Waals surface area contributed by atoms with Gasteiger partial charge in [-0.1, -0.05) is 6.07 Å². The number of aliphatic hydroxyl groups excluding tert-OH is 1. The summed E-state index contributed by atoms with van der Waals surface area (Å²) in [5.41, 5.74) is -0.278. The first-order valence-electron chi connectivity index (χ1n) is 5.65. The molecule has 1 N–H and O–H groups in total. The number of hydrogen-bond donors (Lipinski definition) is 1. The normalized spacial score (nSPS) is 12.5. The first-order valence-corrected chi connectivity index (χ1v) is 6.45. The SMILES string of the molecule is OC(Cc1c(F)ccc(Br)c1F)c1ccc(F)c(F)c1.